The molecule has 6 heteroatoms. The molecule has 1 aliphatic rings. The average Bonchev–Trinajstić information content (AvgIpc) is 2.28. The zero-order valence-electron chi connectivity index (χ0n) is 10.3. The topological polar surface area (TPSA) is 68.5 Å². The standard InChI is InChI=1S/C12H17N3O2.ClH/c1-2-17-12(16)10-4-3-5-11(14-10)15-7-9(6-13)8-15;/h3-5,9H,2,6-8,13H2,1H3;1H. The first kappa shape index (κ1) is 14.7. The first-order valence-electron chi connectivity index (χ1n) is 5.83. The fourth-order valence-electron chi connectivity index (χ4n) is 1.82. The molecule has 2 heterocycles. The van der Waals surface area contributed by atoms with Gasteiger partial charge in [0.15, 0.2) is 5.69 Å². The molecule has 18 heavy (non-hydrogen) atoms. The number of rotatable bonds is 4. The third-order valence-electron chi connectivity index (χ3n) is 2.83. The summed E-state index contributed by atoms with van der Waals surface area (Å²) in [6.45, 7) is 4.67. The van der Waals surface area contributed by atoms with Crippen LogP contribution in [0.5, 0.6) is 0 Å². The summed E-state index contributed by atoms with van der Waals surface area (Å²) in [6, 6.07) is 5.39. The van der Waals surface area contributed by atoms with Gasteiger partial charge in [0.05, 0.1) is 6.61 Å². The van der Waals surface area contributed by atoms with Crippen LogP contribution in [-0.4, -0.2) is 37.2 Å². The van der Waals surface area contributed by atoms with Crippen molar-refractivity contribution >= 4 is 24.2 Å². The van der Waals surface area contributed by atoms with E-state index in [2.05, 4.69) is 9.88 Å². The van der Waals surface area contributed by atoms with E-state index in [1.54, 1.807) is 13.0 Å². The molecule has 0 bridgehead atoms. The molecular weight excluding hydrogens is 254 g/mol. The van der Waals surface area contributed by atoms with Crippen LogP contribution in [-0.2, 0) is 4.74 Å². The summed E-state index contributed by atoms with van der Waals surface area (Å²) in [5.74, 6) is 0.994. The number of aromatic nitrogens is 1. The normalized spacial score (nSPS) is 14.7. The van der Waals surface area contributed by atoms with Crippen LogP contribution in [0.3, 0.4) is 0 Å². The number of hydrogen-bond acceptors (Lipinski definition) is 5. The van der Waals surface area contributed by atoms with E-state index < -0.39 is 0 Å². The highest BCUT2D eigenvalue weighted by atomic mass is 35.5. The van der Waals surface area contributed by atoms with E-state index in [4.69, 9.17) is 10.5 Å². The molecule has 0 atom stereocenters. The molecular formula is C12H18ClN3O2. The molecule has 2 rings (SSSR count). The summed E-state index contributed by atoms with van der Waals surface area (Å²) in [5, 5.41) is 0. The second-order valence-electron chi connectivity index (χ2n) is 4.11. The van der Waals surface area contributed by atoms with Gasteiger partial charge in [-0.3, -0.25) is 0 Å². The fraction of sp³-hybridized carbons (Fsp3) is 0.500. The monoisotopic (exact) mass is 271 g/mol. The Labute approximate surface area is 113 Å². The summed E-state index contributed by atoms with van der Waals surface area (Å²) in [7, 11) is 0. The van der Waals surface area contributed by atoms with Crippen LogP contribution in [0.25, 0.3) is 0 Å². The number of nitrogens with two attached hydrogens (primary N) is 1. The quantitative estimate of drug-likeness (QED) is 0.830. The molecule has 100 valence electrons. The summed E-state index contributed by atoms with van der Waals surface area (Å²) in [4.78, 5) is 17.9. The van der Waals surface area contributed by atoms with Crippen LogP contribution >= 0.6 is 12.4 Å². The second-order valence-corrected chi connectivity index (χ2v) is 4.11. The third kappa shape index (κ3) is 3.11. The van der Waals surface area contributed by atoms with Gasteiger partial charge in [0.2, 0.25) is 0 Å². The minimum Gasteiger partial charge on any atom is -0.461 e. The number of anilines is 1. The minimum atomic E-state index is -0.370. The molecule has 0 aliphatic carbocycles. The van der Waals surface area contributed by atoms with Crippen molar-refractivity contribution in [2.75, 3.05) is 31.1 Å². The Morgan fingerprint density at radius 2 is 2.28 bits per heavy atom. The zero-order valence-corrected chi connectivity index (χ0v) is 11.2. The van der Waals surface area contributed by atoms with Gasteiger partial charge in [-0.15, -0.1) is 12.4 Å². The van der Waals surface area contributed by atoms with E-state index >= 15 is 0 Å². The van der Waals surface area contributed by atoms with Gasteiger partial charge >= 0.3 is 5.97 Å². The van der Waals surface area contributed by atoms with Gasteiger partial charge in [-0.2, -0.15) is 0 Å². The molecule has 0 unspecified atom stereocenters. The van der Waals surface area contributed by atoms with Gasteiger partial charge < -0.3 is 15.4 Å². The highest BCUT2D eigenvalue weighted by molar-refractivity contribution is 5.87. The Hall–Kier alpha value is -1.33. The largest absolute Gasteiger partial charge is 0.461 e. The van der Waals surface area contributed by atoms with Crippen molar-refractivity contribution in [3.63, 3.8) is 0 Å². The predicted molar refractivity (Wildman–Crippen MR) is 72.2 cm³/mol. The summed E-state index contributed by atoms with van der Waals surface area (Å²) in [5.41, 5.74) is 5.93. The van der Waals surface area contributed by atoms with Gasteiger partial charge in [-0.05, 0) is 25.6 Å². The Kier molecular flexibility index (Phi) is 5.37. The van der Waals surface area contributed by atoms with E-state index in [-0.39, 0.29) is 18.4 Å². The number of hydrogen-bond donors (Lipinski definition) is 1. The predicted octanol–water partition coefficient (Wildman–Crippen LogP) is 1.07. The van der Waals surface area contributed by atoms with Gasteiger partial charge in [0.25, 0.3) is 0 Å². The van der Waals surface area contributed by atoms with Crippen molar-refractivity contribution in [3.05, 3.63) is 23.9 Å². The molecule has 0 amide bonds. The summed E-state index contributed by atoms with van der Waals surface area (Å²) in [6.07, 6.45) is 0. The summed E-state index contributed by atoms with van der Waals surface area (Å²) >= 11 is 0. The van der Waals surface area contributed by atoms with Crippen molar-refractivity contribution in [1.29, 1.82) is 0 Å². The second kappa shape index (κ2) is 6.56. The molecule has 2 N–H and O–H groups in total. The van der Waals surface area contributed by atoms with Crippen LogP contribution in [0, 0.1) is 5.92 Å². The molecule has 5 nitrogen and oxygen atoms in total. The first-order valence-corrected chi connectivity index (χ1v) is 5.83. The highest BCUT2D eigenvalue weighted by Gasteiger charge is 2.26. The van der Waals surface area contributed by atoms with Crippen molar-refractivity contribution in [1.82, 2.24) is 4.98 Å². The Morgan fingerprint density at radius 1 is 1.56 bits per heavy atom. The van der Waals surface area contributed by atoms with E-state index in [0.717, 1.165) is 18.9 Å². The van der Waals surface area contributed by atoms with Gasteiger partial charge in [0, 0.05) is 19.0 Å². The maximum Gasteiger partial charge on any atom is 0.356 e. The maximum absolute atomic E-state index is 11.5. The smallest absolute Gasteiger partial charge is 0.356 e. The molecule has 1 aromatic heterocycles. The van der Waals surface area contributed by atoms with Crippen LogP contribution in [0.4, 0.5) is 5.82 Å². The van der Waals surface area contributed by atoms with Crippen molar-refractivity contribution in [2.24, 2.45) is 11.7 Å². The minimum absolute atomic E-state index is 0. The van der Waals surface area contributed by atoms with Gasteiger partial charge in [0.1, 0.15) is 5.82 Å². The lowest BCUT2D eigenvalue weighted by molar-refractivity contribution is 0.0519. The Morgan fingerprint density at radius 3 is 2.89 bits per heavy atom. The highest BCUT2D eigenvalue weighted by Crippen LogP contribution is 2.22. The molecule has 1 aromatic rings. The maximum atomic E-state index is 11.5. The first-order chi connectivity index (χ1) is 8.24. The lowest BCUT2D eigenvalue weighted by Gasteiger charge is -2.39. The number of carbonyl (C=O) groups excluding carboxylic acids is 1. The van der Waals surface area contributed by atoms with E-state index in [9.17, 15) is 4.79 Å². The van der Waals surface area contributed by atoms with Gasteiger partial charge in [-0.1, -0.05) is 6.07 Å². The number of halogens is 1. The SMILES string of the molecule is CCOC(=O)c1cccc(N2CC(CN)C2)n1.Cl. The van der Waals surface area contributed by atoms with Crippen LogP contribution < -0.4 is 10.6 Å². The number of carbonyl (C=O) groups is 1. The molecule has 0 saturated carbocycles. The number of ether oxygens (including phenoxy) is 1. The van der Waals surface area contributed by atoms with Crippen molar-refractivity contribution < 1.29 is 9.53 Å². The van der Waals surface area contributed by atoms with E-state index in [1.165, 1.54) is 0 Å². The molecule has 1 aliphatic heterocycles. The molecule has 1 fully saturated rings. The van der Waals surface area contributed by atoms with Crippen LogP contribution in [0.2, 0.25) is 0 Å². The van der Waals surface area contributed by atoms with Crippen molar-refractivity contribution in [2.45, 2.75) is 6.92 Å². The van der Waals surface area contributed by atoms with E-state index in [0.29, 0.717) is 24.8 Å². The average molecular weight is 272 g/mol. The number of pyridine rings is 1. The van der Waals surface area contributed by atoms with Crippen molar-refractivity contribution in [3.8, 4) is 0 Å². The molecule has 0 spiro atoms. The Bertz CT molecular complexity index is 408. The van der Waals surface area contributed by atoms with Gasteiger partial charge in [-0.25, -0.2) is 9.78 Å². The molecule has 1 saturated heterocycles. The lowest BCUT2D eigenvalue weighted by Crippen LogP contribution is -2.50. The Balaban J connectivity index is 0.00000162. The third-order valence-corrected chi connectivity index (χ3v) is 2.83. The summed E-state index contributed by atoms with van der Waals surface area (Å²) < 4.78 is 4.92. The van der Waals surface area contributed by atoms with E-state index in [1.807, 2.05) is 12.1 Å². The number of nitrogens with zero attached hydrogens (tertiary/aromatic N) is 2. The lowest BCUT2D eigenvalue weighted by atomic mass is 10.0. The van der Waals surface area contributed by atoms with Crippen LogP contribution in [0.15, 0.2) is 18.2 Å². The zero-order chi connectivity index (χ0) is 12.3. The molecule has 0 aromatic carbocycles. The number of esters is 1. The molecule has 0 radical (unpaired) electrons. The fourth-order valence-corrected chi connectivity index (χ4v) is 1.82. The van der Waals surface area contributed by atoms with Crippen LogP contribution in [0.1, 0.15) is 17.4 Å².